The van der Waals surface area contributed by atoms with Crippen LogP contribution in [0.15, 0.2) is 11.8 Å². The monoisotopic (exact) mass is 196 g/mol. The van der Waals surface area contributed by atoms with Crippen LogP contribution in [0.2, 0.25) is 0 Å². The van der Waals surface area contributed by atoms with E-state index in [1.165, 1.54) is 5.57 Å². The summed E-state index contributed by atoms with van der Waals surface area (Å²) in [6, 6.07) is 0. The van der Waals surface area contributed by atoms with E-state index in [9.17, 15) is 4.79 Å². The first-order valence-corrected chi connectivity index (χ1v) is 5.26. The van der Waals surface area contributed by atoms with Gasteiger partial charge in [0.25, 0.3) is 0 Å². The van der Waals surface area contributed by atoms with Crippen LogP contribution >= 0.6 is 0 Å². The van der Waals surface area contributed by atoms with Crippen molar-refractivity contribution in [2.75, 3.05) is 6.61 Å². The van der Waals surface area contributed by atoms with Gasteiger partial charge in [0.2, 0.25) is 0 Å². The zero-order valence-electron chi connectivity index (χ0n) is 8.29. The molecule has 0 aromatic rings. The molecule has 1 fully saturated rings. The summed E-state index contributed by atoms with van der Waals surface area (Å²) in [6.45, 7) is 0.784. The topological polar surface area (TPSA) is 46.5 Å². The molecular formula is C11H16O3. The highest BCUT2D eigenvalue weighted by atomic mass is 16.5. The highest BCUT2D eigenvalue weighted by Crippen LogP contribution is 2.51. The Morgan fingerprint density at radius 1 is 1.50 bits per heavy atom. The summed E-state index contributed by atoms with van der Waals surface area (Å²) in [5.74, 6) is -0.684. The smallest absolute Gasteiger partial charge is 0.304 e. The van der Waals surface area contributed by atoms with Gasteiger partial charge in [-0.25, -0.2) is 0 Å². The van der Waals surface area contributed by atoms with Gasteiger partial charge in [-0.05, 0) is 31.3 Å². The van der Waals surface area contributed by atoms with E-state index in [0.717, 1.165) is 38.7 Å². The van der Waals surface area contributed by atoms with Crippen LogP contribution in [0.25, 0.3) is 0 Å². The number of hydrogen-bond donors (Lipinski definition) is 1. The van der Waals surface area contributed by atoms with Gasteiger partial charge in [0, 0.05) is 5.41 Å². The normalized spacial score (nSPS) is 24.4. The molecule has 0 amide bonds. The van der Waals surface area contributed by atoms with Crippen molar-refractivity contribution in [1.29, 1.82) is 0 Å². The predicted octanol–water partition coefficient (Wildman–Crippen LogP) is 2.33. The van der Waals surface area contributed by atoms with E-state index in [2.05, 4.69) is 0 Å². The molecule has 0 saturated heterocycles. The van der Waals surface area contributed by atoms with Crippen LogP contribution in [-0.2, 0) is 9.53 Å². The fraction of sp³-hybridized carbons (Fsp3) is 0.727. The molecule has 3 heteroatoms. The number of carboxylic acid groups (broad SMARTS) is 1. The maximum absolute atomic E-state index is 10.8. The van der Waals surface area contributed by atoms with Gasteiger partial charge < -0.3 is 9.84 Å². The Morgan fingerprint density at radius 3 is 2.71 bits per heavy atom. The largest absolute Gasteiger partial charge is 0.501 e. The van der Waals surface area contributed by atoms with Gasteiger partial charge in [-0.15, -0.1) is 0 Å². The van der Waals surface area contributed by atoms with Crippen LogP contribution in [0.3, 0.4) is 0 Å². The van der Waals surface area contributed by atoms with Crippen LogP contribution in [-0.4, -0.2) is 17.7 Å². The van der Waals surface area contributed by atoms with E-state index in [0.29, 0.717) is 0 Å². The third kappa shape index (κ3) is 1.63. The third-order valence-corrected chi connectivity index (χ3v) is 3.42. The molecule has 1 N–H and O–H groups in total. The standard InChI is InChI=1S/C11H16O3/c12-10(13)7-11(4-2-5-11)9-3-1-6-14-8-9/h8H,1-7H2,(H,12,13). The first-order chi connectivity index (χ1) is 6.73. The average Bonchev–Trinajstić information content (AvgIpc) is 2.12. The van der Waals surface area contributed by atoms with Crippen LogP contribution in [0.4, 0.5) is 0 Å². The lowest BCUT2D eigenvalue weighted by atomic mass is 9.61. The van der Waals surface area contributed by atoms with Crippen molar-refractivity contribution in [3.63, 3.8) is 0 Å². The summed E-state index contributed by atoms with van der Waals surface area (Å²) < 4.78 is 5.29. The Hall–Kier alpha value is -0.990. The molecule has 3 nitrogen and oxygen atoms in total. The summed E-state index contributed by atoms with van der Waals surface area (Å²) in [5, 5.41) is 8.88. The molecule has 1 heterocycles. The van der Waals surface area contributed by atoms with Crippen molar-refractivity contribution in [2.24, 2.45) is 5.41 Å². The minimum Gasteiger partial charge on any atom is -0.501 e. The maximum Gasteiger partial charge on any atom is 0.304 e. The van der Waals surface area contributed by atoms with Crippen molar-refractivity contribution in [3.8, 4) is 0 Å². The van der Waals surface area contributed by atoms with Gasteiger partial charge in [-0.1, -0.05) is 6.42 Å². The molecule has 2 rings (SSSR count). The number of allylic oxidation sites excluding steroid dienone is 1. The second-order valence-corrected chi connectivity index (χ2v) is 4.32. The summed E-state index contributed by atoms with van der Waals surface area (Å²) in [7, 11) is 0. The number of carboxylic acids is 1. The molecule has 1 aliphatic heterocycles. The van der Waals surface area contributed by atoms with E-state index >= 15 is 0 Å². The molecule has 14 heavy (non-hydrogen) atoms. The lowest BCUT2D eigenvalue weighted by Gasteiger charge is -2.43. The Bertz CT molecular complexity index is 264. The first kappa shape index (κ1) is 9.56. The summed E-state index contributed by atoms with van der Waals surface area (Å²) in [4.78, 5) is 10.8. The van der Waals surface area contributed by atoms with Crippen LogP contribution in [0.5, 0.6) is 0 Å². The lowest BCUT2D eigenvalue weighted by molar-refractivity contribution is -0.140. The van der Waals surface area contributed by atoms with Crippen LogP contribution in [0, 0.1) is 5.41 Å². The van der Waals surface area contributed by atoms with Gasteiger partial charge in [0.1, 0.15) is 0 Å². The molecule has 0 atom stereocenters. The fourth-order valence-corrected chi connectivity index (χ4v) is 2.46. The molecule has 0 aromatic carbocycles. The van der Waals surface area contributed by atoms with Gasteiger partial charge in [-0.3, -0.25) is 4.79 Å². The second-order valence-electron chi connectivity index (χ2n) is 4.32. The Balaban J connectivity index is 2.10. The maximum atomic E-state index is 10.8. The lowest BCUT2D eigenvalue weighted by Crippen LogP contribution is -2.35. The van der Waals surface area contributed by atoms with Gasteiger partial charge in [-0.2, -0.15) is 0 Å². The molecule has 1 saturated carbocycles. The Kier molecular flexibility index (Phi) is 2.48. The van der Waals surface area contributed by atoms with Crippen LogP contribution in [0.1, 0.15) is 38.5 Å². The molecule has 0 spiro atoms. The summed E-state index contributed by atoms with van der Waals surface area (Å²) in [5.41, 5.74) is 1.18. The Morgan fingerprint density at radius 2 is 2.29 bits per heavy atom. The van der Waals surface area contributed by atoms with Crippen molar-refractivity contribution >= 4 is 5.97 Å². The molecule has 78 valence electrons. The van der Waals surface area contributed by atoms with Gasteiger partial charge >= 0.3 is 5.97 Å². The first-order valence-electron chi connectivity index (χ1n) is 5.26. The van der Waals surface area contributed by atoms with E-state index < -0.39 is 5.97 Å². The van der Waals surface area contributed by atoms with E-state index in [1.54, 1.807) is 0 Å². The quantitative estimate of drug-likeness (QED) is 0.753. The fourth-order valence-electron chi connectivity index (χ4n) is 2.46. The summed E-state index contributed by atoms with van der Waals surface area (Å²) in [6.07, 6.45) is 7.35. The minimum absolute atomic E-state index is 0.0494. The SMILES string of the molecule is O=C(O)CC1(C2=COCCC2)CCC1. The molecule has 0 aromatic heterocycles. The van der Waals surface area contributed by atoms with Gasteiger partial charge in [0.15, 0.2) is 0 Å². The Labute approximate surface area is 83.8 Å². The number of hydrogen-bond acceptors (Lipinski definition) is 2. The highest BCUT2D eigenvalue weighted by molar-refractivity contribution is 5.68. The second kappa shape index (κ2) is 3.64. The molecule has 2 aliphatic rings. The summed E-state index contributed by atoms with van der Waals surface area (Å²) >= 11 is 0. The van der Waals surface area contributed by atoms with E-state index in [-0.39, 0.29) is 11.8 Å². The molecule has 1 aliphatic carbocycles. The predicted molar refractivity (Wildman–Crippen MR) is 51.8 cm³/mol. The molecule has 0 bridgehead atoms. The number of aliphatic carboxylic acids is 1. The molecular weight excluding hydrogens is 180 g/mol. The average molecular weight is 196 g/mol. The van der Waals surface area contributed by atoms with Crippen LogP contribution < -0.4 is 0 Å². The highest BCUT2D eigenvalue weighted by Gasteiger charge is 2.42. The van der Waals surface area contributed by atoms with Crippen molar-refractivity contribution in [3.05, 3.63) is 11.8 Å². The van der Waals surface area contributed by atoms with Gasteiger partial charge in [0.05, 0.1) is 19.3 Å². The number of carbonyl (C=O) groups is 1. The molecule has 0 radical (unpaired) electrons. The number of ether oxygens (including phenoxy) is 1. The zero-order valence-corrected chi connectivity index (χ0v) is 8.29. The minimum atomic E-state index is -0.684. The molecule has 0 unspecified atom stereocenters. The number of rotatable bonds is 3. The van der Waals surface area contributed by atoms with E-state index in [4.69, 9.17) is 9.84 Å². The third-order valence-electron chi connectivity index (χ3n) is 3.42. The van der Waals surface area contributed by atoms with Crippen molar-refractivity contribution in [2.45, 2.75) is 38.5 Å². The van der Waals surface area contributed by atoms with Crippen molar-refractivity contribution < 1.29 is 14.6 Å². The zero-order chi connectivity index (χ0) is 10.0. The van der Waals surface area contributed by atoms with E-state index in [1.807, 2.05) is 6.26 Å². The van der Waals surface area contributed by atoms with Crippen molar-refractivity contribution in [1.82, 2.24) is 0 Å².